The first-order valence-corrected chi connectivity index (χ1v) is 10.1. The summed E-state index contributed by atoms with van der Waals surface area (Å²) in [5, 5.41) is 7.49. The van der Waals surface area contributed by atoms with Gasteiger partial charge in [0.15, 0.2) is 5.13 Å². The van der Waals surface area contributed by atoms with E-state index in [9.17, 15) is 4.79 Å². The Morgan fingerprint density at radius 1 is 1.12 bits per heavy atom. The van der Waals surface area contributed by atoms with Crippen LogP contribution in [-0.2, 0) is 6.42 Å². The Hall–Kier alpha value is -2.51. The zero-order valence-electron chi connectivity index (χ0n) is 14.1. The molecule has 2 N–H and O–H groups in total. The van der Waals surface area contributed by atoms with Gasteiger partial charge in [-0.25, -0.2) is 14.8 Å². The van der Waals surface area contributed by atoms with E-state index in [1.165, 1.54) is 22.5 Å². The molecule has 5 rings (SSSR count). The molecule has 7 heteroatoms. The van der Waals surface area contributed by atoms with Crippen molar-refractivity contribution in [2.75, 3.05) is 11.9 Å². The molecule has 1 aliphatic carbocycles. The van der Waals surface area contributed by atoms with E-state index in [4.69, 9.17) is 0 Å². The van der Waals surface area contributed by atoms with E-state index in [0.29, 0.717) is 17.6 Å². The molecule has 2 aromatic carbocycles. The van der Waals surface area contributed by atoms with Gasteiger partial charge < -0.3 is 5.32 Å². The lowest BCUT2D eigenvalue weighted by molar-refractivity contribution is 0.251. The predicted octanol–water partition coefficient (Wildman–Crippen LogP) is 4.68. The first kappa shape index (κ1) is 15.7. The molecule has 2 amide bonds. The van der Waals surface area contributed by atoms with Crippen molar-refractivity contribution in [3.8, 4) is 0 Å². The van der Waals surface area contributed by atoms with Gasteiger partial charge in [-0.2, -0.15) is 0 Å². The minimum absolute atomic E-state index is 0.204. The van der Waals surface area contributed by atoms with Crippen LogP contribution in [0.1, 0.15) is 22.1 Å². The highest BCUT2D eigenvalue weighted by atomic mass is 32.1. The van der Waals surface area contributed by atoms with Gasteiger partial charge in [-0.3, -0.25) is 5.32 Å². The molecule has 2 aromatic heterocycles. The van der Waals surface area contributed by atoms with E-state index in [1.54, 1.807) is 11.3 Å². The van der Waals surface area contributed by atoms with E-state index < -0.39 is 0 Å². The highest BCUT2D eigenvalue weighted by Gasteiger charge is 2.25. The third-order valence-electron chi connectivity index (χ3n) is 4.71. The van der Waals surface area contributed by atoms with Crippen molar-refractivity contribution >= 4 is 54.3 Å². The number of rotatable bonds is 3. The summed E-state index contributed by atoms with van der Waals surface area (Å²) in [5.41, 5.74) is 4.61. The summed E-state index contributed by atoms with van der Waals surface area (Å²) in [6.07, 6.45) is 1.03. The fourth-order valence-corrected chi connectivity index (χ4v) is 5.44. The Kier molecular flexibility index (Phi) is 3.65. The summed E-state index contributed by atoms with van der Waals surface area (Å²) in [5.74, 6) is 0.409. The van der Waals surface area contributed by atoms with Crippen LogP contribution < -0.4 is 10.6 Å². The maximum absolute atomic E-state index is 12.2. The van der Waals surface area contributed by atoms with Crippen molar-refractivity contribution in [2.24, 2.45) is 0 Å². The number of nitrogens with one attached hydrogen (secondary N) is 2. The van der Waals surface area contributed by atoms with E-state index in [-0.39, 0.29) is 6.03 Å². The van der Waals surface area contributed by atoms with Gasteiger partial charge in [0.25, 0.3) is 0 Å². The van der Waals surface area contributed by atoms with E-state index >= 15 is 0 Å². The van der Waals surface area contributed by atoms with Crippen molar-refractivity contribution in [3.63, 3.8) is 0 Å². The van der Waals surface area contributed by atoms with Crippen molar-refractivity contribution in [1.82, 2.24) is 15.3 Å². The lowest BCUT2D eigenvalue weighted by Crippen LogP contribution is -2.35. The average molecular weight is 380 g/mol. The number of thiazole rings is 2. The SMILES string of the molecule is Cc1nc2ccc3nc(NC(=O)NCC4Cc5ccccc54)sc3c2s1. The third kappa shape index (κ3) is 2.64. The van der Waals surface area contributed by atoms with Crippen LogP contribution in [0.4, 0.5) is 9.93 Å². The van der Waals surface area contributed by atoms with Crippen LogP contribution in [-0.4, -0.2) is 22.5 Å². The summed E-state index contributed by atoms with van der Waals surface area (Å²) < 4.78 is 2.22. The van der Waals surface area contributed by atoms with Crippen LogP contribution >= 0.6 is 22.7 Å². The van der Waals surface area contributed by atoms with Gasteiger partial charge in [0.2, 0.25) is 0 Å². The number of carbonyl (C=O) groups is 1. The zero-order chi connectivity index (χ0) is 17.7. The molecule has 26 heavy (non-hydrogen) atoms. The summed E-state index contributed by atoms with van der Waals surface area (Å²) in [4.78, 5) is 21.3. The van der Waals surface area contributed by atoms with Crippen molar-refractivity contribution in [2.45, 2.75) is 19.3 Å². The highest BCUT2D eigenvalue weighted by molar-refractivity contribution is 7.28. The molecule has 1 atom stereocenters. The fourth-order valence-electron chi connectivity index (χ4n) is 3.44. The molecular weight excluding hydrogens is 364 g/mol. The second-order valence-corrected chi connectivity index (χ2v) is 8.65. The number of urea groups is 1. The fraction of sp³-hybridized carbons (Fsp3) is 0.211. The Bertz CT molecular complexity index is 1150. The number of aromatic nitrogens is 2. The zero-order valence-corrected chi connectivity index (χ0v) is 15.7. The minimum Gasteiger partial charge on any atom is -0.337 e. The van der Waals surface area contributed by atoms with Crippen molar-refractivity contribution in [3.05, 3.63) is 52.5 Å². The molecule has 1 aliphatic rings. The van der Waals surface area contributed by atoms with Gasteiger partial charge in [-0.15, -0.1) is 11.3 Å². The van der Waals surface area contributed by atoms with Gasteiger partial charge in [-0.05, 0) is 36.6 Å². The normalized spacial score (nSPS) is 15.7. The Labute approximate surface area is 158 Å². The number of aryl methyl sites for hydroxylation is 1. The Balaban J connectivity index is 1.29. The van der Waals surface area contributed by atoms with E-state index in [2.05, 4.69) is 38.8 Å². The molecule has 4 aromatic rings. The summed E-state index contributed by atoms with van der Waals surface area (Å²) in [7, 11) is 0. The molecule has 0 fully saturated rings. The maximum atomic E-state index is 12.2. The molecule has 0 saturated heterocycles. The van der Waals surface area contributed by atoms with E-state index in [1.807, 2.05) is 25.1 Å². The lowest BCUT2D eigenvalue weighted by atomic mass is 9.78. The van der Waals surface area contributed by atoms with Crippen LogP contribution in [0, 0.1) is 6.92 Å². The van der Waals surface area contributed by atoms with Gasteiger partial charge in [0.05, 0.1) is 25.4 Å². The number of benzene rings is 2. The van der Waals surface area contributed by atoms with Crippen LogP contribution in [0.5, 0.6) is 0 Å². The molecule has 2 heterocycles. The Morgan fingerprint density at radius 2 is 1.88 bits per heavy atom. The first-order chi connectivity index (χ1) is 12.7. The molecule has 5 nitrogen and oxygen atoms in total. The smallest absolute Gasteiger partial charge is 0.321 e. The van der Waals surface area contributed by atoms with Gasteiger partial charge in [0.1, 0.15) is 0 Å². The monoisotopic (exact) mass is 380 g/mol. The van der Waals surface area contributed by atoms with Crippen molar-refractivity contribution < 1.29 is 4.79 Å². The van der Waals surface area contributed by atoms with Gasteiger partial charge in [0, 0.05) is 12.5 Å². The standard InChI is InChI=1S/C19H16N4OS2/c1-10-21-14-6-7-15-17(16(14)25-10)26-19(22-15)23-18(24)20-9-12-8-11-4-2-3-5-13(11)12/h2-7,12H,8-9H2,1H3,(H2,20,22,23,24). The number of carbonyl (C=O) groups excluding carboxylic acids is 1. The van der Waals surface area contributed by atoms with Crippen molar-refractivity contribution in [1.29, 1.82) is 0 Å². The molecule has 0 aliphatic heterocycles. The molecule has 1 unspecified atom stereocenters. The van der Waals surface area contributed by atoms with Crippen LogP contribution in [0.25, 0.3) is 20.4 Å². The molecule has 130 valence electrons. The largest absolute Gasteiger partial charge is 0.337 e. The molecular formula is C19H16N4OS2. The molecule has 0 radical (unpaired) electrons. The number of hydrogen-bond acceptors (Lipinski definition) is 5. The maximum Gasteiger partial charge on any atom is 0.321 e. The molecule has 0 spiro atoms. The Morgan fingerprint density at radius 3 is 2.73 bits per heavy atom. The highest BCUT2D eigenvalue weighted by Crippen LogP contribution is 2.36. The van der Waals surface area contributed by atoms with Crippen LogP contribution in [0.2, 0.25) is 0 Å². The van der Waals surface area contributed by atoms with Crippen LogP contribution in [0.15, 0.2) is 36.4 Å². The third-order valence-corrected chi connectivity index (χ3v) is 6.85. The minimum atomic E-state index is -0.204. The lowest BCUT2D eigenvalue weighted by Gasteiger charge is -2.30. The number of fused-ring (bicyclic) bond motifs is 4. The second kappa shape index (κ2) is 6.03. The number of hydrogen-bond donors (Lipinski definition) is 2. The summed E-state index contributed by atoms with van der Waals surface area (Å²) in [6, 6.07) is 12.1. The van der Waals surface area contributed by atoms with Gasteiger partial charge >= 0.3 is 6.03 Å². The topological polar surface area (TPSA) is 66.9 Å². The van der Waals surface area contributed by atoms with E-state index in [0.717, 1.165) is 31.9 Å². The number of nitrogens with zero attached hydrogens (tertiary/aromatic N) is 2. The molecule has 0 saturated carbocycles. The molecule has 0 bridgehead atoms. The number of amides is 2. The predicted molar refractivity (Wildman–Crippen MR) is 107 cm³/mol. The first-order valence-electron chi connectivity index (χ1n) is 8.47. The number of anilines is 1. The quantitative estimate of drug-likeness (QED) is 0.542. The van der Waals surface area contributed by atoms with Gasteiger partial charge in [-0.1, -0.05) is 35.6 Å². The average Bonchev–Trinajstić information content (AvgIpc) is 3.17. The summed E-state index contributed by atoms with van der Waals surface area (Å²) in [6.45, 7) is 2.65. The second-order valence-electron chi connectivity index (χ2n) is 6.45. The van der Waals surface area contributed by atoms with Crippen LogP contribution in [0.3, 0.4) is 0 Å². The summed E-state index contributed by atoms with van der Waals surface area (Å²) >= 11 is 3.16.